The molecular weight excluding hydrogens is 276 g/mol. The van der Waals surface area contributed by atoms with Gasteiger partial charge in [-0.2, -0.15) is 0 Å². The van der Waals surface area contributed by atoms with Gasteiger partial charge in [-0.3, -0.25) is 4.48 Å². The molecule has 2 atom stereocenters. The molecule has 1 saturated carbocycles. The van der Waals surface area contributed by atoms with Crippen molar-refractivity contribution in [2.75, 3.05) is 20.6 Å². The van der Waals surface area contributed by atoms with Crippen molar-refractivity contribution < 1.29 is 0 Å². The van der Waals surface area contributed by atoms with Gasteiger partial charge in [0.25, 0.3) is 0 Å². The maximum absolute atomic E-state index is 5.72. The lowest BCUT2D eigenvalue weighted by Gasteiger charge is -2.21. The highest BCUT2D eigenvalue weighted by atomic mass is 79.9. The Labute approximate surface area is 111 Å². The topological polar surface area (TPSA) is 26.0 Å². The molecule has 0 bridgehead atoms. The minimum absolute atomic E-state index is 0.696. The summed E-state index contributed by atoms with van der Waals surface area (Å²) in [6, 6.07) is 6.88. The maximum Gasteiger partial charge on any atom is 0.145 e. The van der Waals surface area contributed by atoms with Gasteiger partial charge in [-0.1, -0.05) is 6.07 Å². The van der Waals surface area contributed by atoms with Crippen molar-refractivity contribution in [2.24, 2.45) is 11.7 Å². The van der Waals surface area contributed by atoms with E-state index >= 15 is 0 Å². The van der Waals surface area contributed by atoms with E-state index in [4.69, 9.17) is 5.73 Å². The minimum atomic E-state index is 0.696. The van der Waals surface area contributed by atoms with Crippen LogP contribution in [-0.4, -0.2) is 20.6 Å². The Morgan fingerprint density at radius 2 is 2.18 bits per heavy atom. The van der Waals surface area contributed by atoms with Gasteiger partial charge < -0.3 is 5.73 Å². The van der Waals surface area contributed by atoms with E-state index in [1.54, 1.807) is 0 Å². The molecule has 0 radical (unpaired) electrons. The van der Waals surface area contributed by atoms with E-state index in [1.165, 1.54) is 27.7 Å². The molecule has 0 saturated heterocycles. The minimum Gasteiger partial charge on any atom is -0.330 e. The number of quaternary nitrogens is 1. The van der Waals surface area contributed by atoms with Crippen molar-refractivity contribution in [3.63, 3.8) is 0 Å². The first-order valence-corrected chi connectivity index (χ1v) is 6.89. The number of fused-ring (bicyclic) bond motifs is 1. The van der Waals surface area contributed by atoms with E-state index in [9.17, 15) is 0 Å². The Morgan fingerprint density at radius 3 is 2.82 bits per heavy atom. The van der Waals surface area contributed by atoms with Gasteiger partial charge in [0.15, 0.2) is 0 Å². The van der Waals surface area contributed by atoms with Gasteiger partial charge in [0.05, 0.1) is 24.1 Å². The molecule has 0 aromatic heterocycles. The van der Waals surface area contributed by atoms with E-state index < -0.39 is 0 Å². The van der Waals surface area contributed by atoms with Gasteiger partial charge in [-0.15, -0.1) is 0 Å². The van der Waals surface area contributed by atoms with Crippen LogP contribution < -0.4 is 10.2 Å². The third kappa shape index (κ3) is 1.77. The van der Waals surface area contributed by atoms with Crippen LogP contribution >= 0.6 is 15.9 Å². The molecule has 0 spiro atoms. The molecule has 1 heterocycles. The van der Waals surface area contributed by atoms with Gasteiger partial charge in [0, 0.05) is 6.07 Å². The van der Waals surface area contributed by atoms with Crippen LogP contribution in [0, 0.1) is 5.92 Å². The molecule has 3 rings (SSSR count). The van der Waals surface area contributed by atoms with Crippen molar-refractivity contribution >= 4 is 26.1 Å². The van der Waals surface area contributed by atoms with Crippen molar-refractivity contribution in [1.29, 1.82) is 0 Å². The monoisotopic (exact) mass is 293 g/mol. The second-order valence-electron chi connectivity index (χ2n) is 5.63. The van der Waals surface area contributed by atoms with Gasteiger partial charge in [0.1, 0.15) is 11.9 Å². The maximum atomic E-state index is 5.72. The molecule has 2 nitrogen and oxygen atoms in total. The molecule has 0 amide bonds. The lowest BCUT2D eigenvalue weighted by molar-refractivity contribution is 0.551. The lowest BCUT2D eigenvalue weighted by atomic mass is 10.0. The van der Waals surface area contributed by atoms with Crippen LogP contribution in [0.15, 0.2) is 24.4 Å². The Morgan fingerprint density at radius 1 is 1.41 bits per heavy atom. The predicted octanol–water partition coefficient (Wildman–Crippen LogP) is 3.02. The smallest absolute Gasteiger partial charge is 0.145 e. The molecule has 2 N–H and O–H groups in total. The number of nitrogens with two attached hydrogens (primary N) is 1. The predicted molar refractivity (Wildman–Crippen MR) is 76.9 cm³/mol. The van der Waals surface area contributed by atoms with Crippen LogP contribution in [0.1, 0.15) is 23.5 Å². The molecule has 1 aromatic carbocycles. The number of halogens is 1. The molecule has 1 aliphatic heterocycles. The summed E-state index contributed by atoms with van der Waals surface area (Å²) in [6.45, 7) is 0.820. The highest BCUT2D eigenvalue weighted by molar-refractivity contribution is 9.15. The van der Waals surface area contributed by atoms with Crippen LogP contribution in [-0.2, 0) is 0 Å². The highest BCUT2D eigenvalue weighted by Gasteiger charge is 2.38. The normalized spacial score (nSPS) is 28.8. The molecule has 3 heteroatoms. The van der Waals surface area contributed by atoms with Crippen molar-refractivity contribution in [3.05, 3.63) is 35.5 Å². The molecule has 1 fully saturated rings. The van der Waals surface area contributed by atoms with Gasteiger partial charge in [-0.25, -0.2) is 0 Å². The Balaban J connectivity index is 1.99. The molecular formula is C14H18BrN2+. The molecule has 2 aliphatic rings. The van der Waals surface area contributed by atoms with Gasteiger partial charge in [0.2, 0.25) is 0 Å². The quantitative estimate of drug-likeness (QED) is 0.834. The number of rotatable bonds is 2. The summed E-state index contributed by atoms with van der Waals surface area (Å²) in [7, 11) is 4.40. The summed E-state index contributed by atoms with van der Waals surface area (Å²) >= 11 is 3.67. The fourth-order valence-electron chi connectivity index (χ4n) is 2.82. The standard InChI is InChI=1S/C14H18BrN2/c1-17(2)8-13(15)12-5-9(3-4-14(12)17)11-6-10(11)7-16/h3-5,8,10-11H,6-7,16H2,1-2H3/q+1. The first-order chi connectivity index (χ1) is 8.03. The number of hydrogen-bond donors (Lipinski definition) is 1. The van der Waals surface area contributed by atoms with Crippen LogP contribution in [0.2, 0.25) is 0 Å². The summed E-state index contributed by atoms with van der Waals surface area (Å²) in [5, 5.41) is 0. The second-order valence-corrected chi connectivity index (χ2v) is 6.49. The summed E-state index contributed by atoms with van der Waals surface area (Å²) in [4.78, 5) is 0. The lowest BCUT2D eigenvalue weighted by Crippen LogP contribution is -2.31. The summed E-state index contributed by atoms with van der Waals surface area (Å²) < 4.78 is 2.03. The molecule has 1 aromatic rings. The third-order valence-corrected chi connectivity index (χ3v) is 4.62. The molecule has 17 heavy (non-hydrogen) atoms. The van der Waals surface area contributed by atoms with Crippen molar-refractivity contribution in [1.82, 2.24) is 4.48 Å². The number of benzene rings is 1. The van der Waals surface area contributed by atoms with E-state index in [0.717, 1.165) is 11.0 Å². The van der Waals surface area contributed by atoms with Crippen LogP contribution in [0.3, 0.4) is 0 Å². The fourth-order valence-corrected chi connectivity index (χ4v) is 3.65. The average Bonchev–Trinajstić information content (AvgIpc) is 3.02. The Hall–Kier alpha value is -0.640. The van der Waals surface area contributed by atoms with E-state index in [0.29, 0.717) is 11.8 Å². The summed E-state index contributed by atoms with van der Waals surface area (Å²) in [5.41, 5.74) is 9.88. The Kier molecular flexibility index (Phi) is 2.47. The van der Waals surface area contributed by atoms with E-state index in [2.05, 4.69) is 54.4 Å². The fraction of sp³-hybridized carbons (Fsp3) is 0.429. The largest absolute Gasteiger partial charge is 0.330 e. The molecule has 90 valence electrons. The summed E-state index contributed by atoms with van der Waals surface area (Å²) in [5.74, 6) is 1.40. The third-order valence-electron chi connectivity index (χ3n) is 3.99. The zero-order valence-corrected chi connectivity index (χ0v) is 11.9. The molecule has 1 aliphatic carbocycles. The zero-order chi connectivity index (χ0) is 12.2. The highest BCUT2D eigenvalue weighted by Crippen LogP contribution is 2.49. The molecule has 2 unspecified atom stereocenters. The Bertz CT molecular complexity index is 505. The van der Waals surface area contributed by atoms with Crippen LogP contribution in [0.25, 0.3) is 4.48 Å². The van der Waals surface area contributed by atoms with E-state index in [1.807, 2.05) is 0 Å². The van der Waals surface area contributed by atoms with Crippen molar-refractivity contribution in [3.8, 4) is 0 Å². The summed E-state index contributed by atoms with van der Waals surface area (Å²) in [6.07, 6.45) is 3.50. The number of nitrogens with zero attached hydrogens (tertiary/aromatic N) is 1. The SMILES string of the molecule is C[N+]1(C)C=C(Br)c2cc(C3CC3CN)ccc21. The van der Waals surface area contributed by atoms with Crippen LogP contribution in [0.5, 0.6) is 0 Å². The van der Waals surface area contributed by atoms with E-state index in [-0.39, 0.29) is 0 Å². The number of hydrogen-bond acceptors (Lipinski definition) is 1. The first-order valence-electron chi connectivity index (χ1n) is 6.10. The van der Waals surface area contributed by atoms with Crippen LogP contribution in [0.4, 0.5) is 5.69 Å². The van der Waals surface area contributed by atoms with Gasteiger partial charge in [-0.05, 0) is 52.4 Å². The van der Waals surface area contributed by atoms with Gasteiger partial charge >= 0.3 is 0 Å². The average molecular weight is 294 g/mol. The zero-order valence-electron chi connectivity index (χ0n) is 10.3. The van der Waals surface area contributed by atoms with Crippen molar-refractivity contribution in [2.45, 2.75) is 12.3 Å². The first kappa shape index (κ1) is 11.5. The second kappa shape index (κ2) is 3.67.